The van der Waals surface area contributed by atoms with Crippen LogP contribution in [0.1, 0.15) is 51.5 Å². The summed E-state index contributed by atoms with van der Waals surface area (Å²) in [5.41, 5.74) is 1.70. The summed E-state index contributed by atoms with van der Waals surface area (Å²) in [6.07, 6.45) is 5.80. The van der Waals surface area contributed by atoms with E-state index in [9.17, 15) is 9.59 Å². The molecule has 1 aromatic carbocycles. The number of benzene rings is 1. The van der Waals surface area contributed by atoms with Gasteiger partial charge in [0.15, 0.2) is 6.29 Å². The topological polar surface area (TPSA) is 81.0 Å². The van der Waals surface area contributed by atoms with E-state index in [1.165, 1.54) is 16.1 Å². The molecule has 2 aromatic heterocycles. The van der Waals surface area contributed by atoms with Crippen LogP contribution in [0.15, 0.2) is 42.0 Å². The number of nitrogens with zero attached hydrogens (tertiary/aromatic N) is 5. The third kappa shape index (κ3) is 3.40. The molecule has 2 atom stereocenters. The zero-order valence-corrected chi connectivity index (χ0v) is 15.7. The largest absolute Gasteiger partial charge is 0.335 e. The van der Waals surface area contributed by atoms with E-state index in [1.54, 1.807) is 17.8 Å². The zero-order valence-electron chi connectivity index (χ0n) is 14.9. The van der Waals surface area contributed by atoms with Gasteiger partial charge in [-0.2, -0.15) is 15.0 Å². The highest BCUT2D eigenvalue weighted by molar-refractivity contribution is 7.09. The summed E-state index contributed by atoms with van der Waals surface area (Å²) in [5, 5.41) is 11.0. The van der Waals surface area contributed by atoms with Crippen LogP contribution in [0.3, 0.4) is 0 Å². The van der Waals surface area contributed by atoms with Gasteiger partial charge in [-0.3, -0.25) is 9.59 Å². The minimum Gasteiger partial charge on any atom is -0.335 e. The Morgan fingerprint density at radius 2 is 2.00 bits per heavy atom. The molecular weight excluding hydrogens is 362 g/mol. The molecule has 8 heteroatoms. The van der Waals surface area contributed by atoms with Crippen molar-refractivity contribution >= 4 is 23.5 Å². The van der Waals surface area contributed by atoms with Gasteiger partial charge in [-0.15, -0.1) is 11.3 Å². The number of hydrogen-bond donors (Lipinski definition) is 0. The van der Waals surface area contributed by atoms with E-state index in [2.05, 4.69) is 22.1 Å². The first kappa shape index (κ1) is 17.5. The second-order valence-corrected chi connectivity index (χ2v) is 7.53. The van der Waals surface area contributed by atoms with E-state index in [-0.39, 0.29) is 17.9 Å². The van der Waals surface area contributed by atoms with Crippen molar-refractivity contribution in [1.29, 1.82) is 0 Å². The Hall–Kier alpha value is -2.87. The lowest BCUT2D eigenvalue weighted by atomic mass is 9.93. The molecule has 0 N–H and O–H groups in total. The fourth-order valence-corrected chi connectivity index (χ4v) is 4.35. The van der Waals surface area contributed by atoms with Gasteiger partial charge in [0.2, 0.25) is 0 Å². The van der Waals surface area contributed by atoms with Crippen LogP contribution in [0.2, 0.25) is 0 Å². The Labute approximate surface area is 160 Å². The molecule has 27 heavy (non-hydrogen) atoms. The molecular formula is C19H19N5O2S. The summed E-state index contributed by atoms with van der Waals surface area (Å²) in [6, 6.07) is 7.51. The van der Waals surface area contributed by atoms with Gasteiger partial charge in [-0.05, 0) is 31.9 Å². The predicted molar refractivity (Wildman–Crippen MR) is 101 cm³/mol. The molecule has 1 aliphatic rings. The second kappa shape index (κ2) is 7.40. The number of likely N-dealkylation sites (tertiary alicyclic amines) is 1. The maximum atomic E-state index is 13.3. The second-order valence-electron chi connectivity index (χ2n) is 6.64. The van der Waals surface area contributed by atoms with Crippen molar-refractivity contribution in [2.75, 3.05) is 6.54 Å². The van der Waals surface area contributed by atoms with Gasteiger partial charge in [0.05, 0.1) is 28.7 Å². The lowest BCUT2D eigenvalue weighted by Gasteiger charge is -2.37. The highest BCUT2D eigenvalue weighted by Gasteiger charge is 2.32. The normalized spacial score (nSPS) is 19.8. The highest BCUT2D eigenvalue weighted by atomic mass is 32.1. The third-order valence-electron chi connectivity index (χ3n) is 4.92. The van der Waals surface area contributed by atoms with E-state index in [1.807, 2.05) is 29.2 Å². The van der Waals surface area contributed by atoms with Gasteiger partial charge < -0.3 is 4.90 Å². The van der Waals surface area contributed by atoms with Gasteiger partial charge in [0.1, 0.15) is 5.69 Å². The number of para-hydroxylation sites is 1. The van der Waals surface area contributed by atoms with E-state index < -0.39 is 0 Å². The zero-order chi connectivity index (χ0) is 18.8. The highest BCUT2D eigenvalue weighted by Crippen LogP contribution is 2.33. The van der Waals surface area contributed by atoms with E-state index in [0.717, 1.165) is 24.1 Å². The summed E-state index contributed by atoms with van der Waals surface area (Å²) in [7, 11) is 0. The maximum Gasteiger partial charge on any atom is 0.256 e. The molecule has 0 bridgehead atoms. The number of amides is 1. The molecule has 0 saturated carbocycles. The number of piperidine rings is 1. The van der Waals surface area contributed by atoms with Gasteiger partial charge >= 0.3 is 0 Å². The smallest absolute Gasteiger partial charge is 0.256 e. The lowest BCUT2D eigenvalue weighted by Crippen LogP contribution is -2.45. The summed E-state index contributed by atoms with van der Waals surface area (Å²) in [4.78, 5) is 32.0. The van der Waals surface area contributed by atoms with E-state index in [4.69, 9.17) is 0 Å². The maximum absolute atomic E-state index is 13.3. The number of thiazole rings is 1. The van der Waals surface area contributed by atoms with Crippen LogP contribution in [-0.2, 0) is 0 Å². The van der Waals surface area contributed by atoms with Crippen LogP contribution in [0.5, 0.6) is 0 Å². The molecule has 7 nitrogen and oxygen atoms in total. The number of aromatic nitrogens is 4. The molecule has 1 fully saturated rings. The van der Waals surface area contributed by atoms with Crippen molar-refractivity contribution in [2.24, 2.45) is 0 Å². The Balaban J connectivity index is 1.62. The average molecular weight is 381 g/mol. The summed E-state index contributed by atoms with van der Waals surface area (Å²) in [6.45, 7) is 2.66. The van der Waals surface area contributed by atoms with Gasteiger partial charge in [-0.25, -0.2) is 4.98 Å². The van der Waals surface area contributed by atoms with Crippen molar-refractivity contribution in [1.82, 2.24) is 24.9 Å². The number of carbonyl (C=O) groups is 2. The molecule has 0 unspecified atom stereocenters. The standard InChI is InChI=1S/C19H19N5O2S/c1-13-6-7-14(18-22-15(11-25)12-27-18)10-23(13)19(26)16-4-2-3-5-17(16)24-20-8-9-21-24/h2-5,8-9,11-14H,6-7,10H2,1H3/t13-,14-/m1/s1. The Kier molecular flexibility index (Phi) is 4.81. The fourth-order valence-electron chi connectivity index (χ4n) is 3.46. The molecule has 4 rings (SSSR count). The van der Waals surface area contributed by atoms with Gasteiger partial charge in [-0.1, -0.05) is 12.1 Å². The van der Waals surface area contributed by atoms with Crippen LogP contribution < -0.4 is 0 Å². The summed E-state index contributed by atoms with van der Waals surface area (Å²) < 4.78 is 0. The van der Waals surface area contributed by atoms with Crippen molar-refractivity contribution in [2.45, 2.75) is 31.7 Å². The van der Waals surface area contributed by atoms with Crippen LogP contribution in [0, 0.1) is 0 Å². The first-order valence-electron chi connectivity index (χ1n) is 8.84. The predicted octanol–water partition coefficient (Wildman–Crippen LogP) is 2.94. The first-order valence-corrected chi connectivity index (χ1v) is 9.72. The minimum atomic E-state index is -0.0349. The van der Waals surface area contributed by atoms with Crippen molar-refractivity contribution < 1.29 is 9.59 Å². The molecule has 3 aromatic rings. The SMILES string of the molecule is C[C@@H]1CC[C@@H](c2nc(C=O)cs2)CN1C(=O)c1ccccc1-n1nccn1. The number of rotatable bonds is 4. The van der Waals surface area contributed by atoms with Crippen molar-refractivity contribution in [3.63, 3.8) is 0 Å². The number of aldehydes is 1. The molecule has 3 heterocycles. The summed E-state index contributed by atoms with van der Waals surface area (Å²) in [5.74, 6) is 0.117. The Morgan fingerprint density at radius 1 is 1.22 bits per heavy atom. The van der Waals surface area contributed by atoms with Crippen molar-refractivity contribution in [3.8, 4) is 5.69 Å². The molecule has 1 saturated heterocycles. The third-order valence-corrected chi connectivity index (χ3v) is 5.95. The number of hydrogen-bond acceptors (Lipinski definition) is 6. The fraction of sp³-hybridized carbons (Fsp3) is 0.316. The van der Waals surface area contributed by atoms with Gasteiger partial charge in [0, 0.05) is 23.9 Å². The van der Waals surface area contributed by atoms with Crippen LogP contribution in [-0.4, -0.2) is 49.7 Å². The molecule has 1 amide bonds. The van der Waals surface area contributed by atoms with Crippen molar-refractivity contribution in [3.05, 3.63) is 58.3 Å². The first-order chi connectivity index (χ1) is 13.2. The average Bonchev–Trinajstić information content (AvgIpc) is 3.40. The molecule has 0 spiro atoms. The van der Waals surface area contributed by atoms with Crippen LogP contribution >= 0.6 is 11.3 Å². The van der Waals surface area contributed by atoms with E-state index in [0.29, 0.717) is 23.5 Å². The van der Waals surface area contributed by atoms with E-state index >= 15 is 0 Å². The molecule has 1 aliphatic heterocycles. The lowest BCUT2D eigenvalue weighted by molar-refractivity contribution is 0.0609. The molecule has 0 radical (unpaired) electrons. The van der Waals surface area contributed by atoms with Crippen LogP contribution in [0.4, 0.5) is 0 Å². The Morgan fingerprint density at radius 3 is 2.74 bits per heavy atom. The monoisotopic (exact) mass is 381 g/mol. The quantitative estimate of drug-likeness (QED) is 0.649. The minimum absolute atomic E-state index is 0.0349. The molecule has 138 valence electrons. The summed E-state index contributed by atoms with van der Waals surface area (Å²) >= 11 is 1.49. The van der Waals surface area contributed by atoms with Crippen LogP contribution in [0.25, 0.3) is 5.69 Å². The number of carbonyl (C=O) groups excluding carboxylic acids is 2. The van der Waals surface area contributed by atoms with Gasteiger partial charge in [0.25, 0.3) is 5.91 Å². The molecule has 0 aliphatic carbocycles. The Bertz CT molecular complexity index is 953.